The molecule has 1 aromatic heterocycles. The van der Waals surface area contributed by atoms with Gasteiger partial charge in [0.05, 0.1) is 17.9 Å². The van der Waals surface area contributed by atoms with Gasteiger partial charge in [-0.1, -0.05) is 0 Å². The summed E-state index contributed by atoms with van der Waals surface area (Å²) in [6, 6.07) is 10.7. The normalized spacial score (nSPS) is 10.6. The van der Waals surface area contributed by atoms with Crippen LogP contribution in [-0.2, 0) is 13.6 Å². The van der Waals surface area contributed by atoms with Gasteiger partial charge in [0.1, 0.15) is 0 Å². The molecule has 0 saturated carbocycles. The van der Waals surface area contributed by atoms with Gasteiger partial charge in [0.2, 0.25) is 0 Å². The molecule has 0 aliphatic heterocycles. The first-order valence-electron chi connectivity index (χ1n) is 7.22. The van der Waals surface area contributed by atoms with Crippen LogP contribution in [0, 0.1) is 6.92 Å². The lowest BCUT2D eigenvalue weighted by atomic mass is 10.2. The van der Waals surface area contributed by atoms with Gasteiger partial charge in [-0.25, -0.2) is 0 Å². The van der Waals surface area contributed by atoms with Crippen LogP contribution >= 0.6 is 0 Å². The van der Waals surface area contributed by atoms with E-state index in [4.69, 9.17) is 0 Å². The molecule has 4 nitrogen and oxygen atoms in total. The number of anilines is 2. The van der Waals surface area contributed by atoms with Crippen LogP contribution in [0.15, 0.2) is 30.3 Å². The maximum atomic E-state index is 4.35. The van der Waals surface area contributed by atoms with E-state index in [9.17, 15) is 0 Å². The van der Waals surface area contributed by atoms with Gasteiger partial charge < -0.3 is 10.2 Å². The summed E-state index contributed by atoms with van der Waals surface area (Å²) in [7, 11) is 1.98. The standard InChI is InChI=1S/C16H24N4/c1-5-20(6-2)15-9-7-14(8-10-15)17-12-16-11-13(3)18-19(16)4/h7-11,17H,5-6,12H2,1-4H3. The van der Waals surface area contributed by atoms with Crippen molar-refractivity contribution < 1.29 is 0 Å². The molecule has 0 aliphatic rings. The number of hydrogen-bond acceptors (Lipinski definition) is 3. The molecule has 108 valence electrons. The predicted molar refractivity (Wildman–Crippen MR) is 85.3 cm³/mol. The fourth-order valence-electron chi connectivity index (χ4n) is 2.40. The third kappa shape index (κ3) is 3.32. The van der Waals surface area contributed by atoms with Gasteiger partial charge in [0, 0.05) is 31.5 Å². The summed E-state index contributed by atoms with van der Waals surface area (Å²) in [5.74, 6) is 0. The van der Waals surface area contributed by atoms with Crippen molar-refractivity contribution in [2.24, 2.45) is 7.05 Å². The molecule has 1 heterocycles. The summed E-state index contributed by atoms with van der Waals surface area (Å²) in [6.45, 7) is 9.25. The molecule has 0 spiro atoms. The zero-order valence-electron chi connectivity index (χ0n) is 12.8. The summed E-state index contributed by atoms with van der Waals surface area (Å²) in [5, 5.41) is 7.79. The summed E-state index contributed by atoms with van der Waals surface area (Å²) in [5.41, 5.74) is 4.66. The van der Waals surface area contributed by atoms with Gasteiger partial charge in [-0.05, 0) is 51.1 Å². The number of nitrogens with one attached hydrogen (secondary N) is 1. The van der Waals surface area contributed by atoms with Crippen molar-refractivity contribution in [3.8, 4) is 0 Å². The quantitative estimate of drug-likeness (QED) is 0.876. The minimum Gasteiger partial charge on any atom is -0.379 e. The molecule has 4 heteroatoms. The van der Waals surface area contributed by atoms with Gasteiger partial charge >= 0.3 is 0 Å². The van der Waals surface area contributed by atoms with Crippen LogP contribution in [0.3, 0.4) is 0 Å². The molecule has 0 unspecified atom stereocenters. The Morgan fingerprint density at radius 1 is 1.15 bits per heavy atom. The van der Waals surface area contributed by atoms with Crippen LogP contribution in [0.25, 0.3) is 0 Å². The highest BCUT2D eigenvalue weighted by Gasteiger charge is 2.03. The zero-order chi connectivity index (χ0) is 14.5. The number of rotatable bonds is 6. The van der Waals surface area contributed by atoms with Crippen LogP contribution in [-0.4, -0.2) is 22.9 Å². The average Bonchev–Trinajstić information content (AvgIpc) is 2.77. The van der Waals surface area contributed by atoms with Crippen molar-refractivity contribution in [3.05, 3.63) is 41.7 Å². The highest BCUT2D eigenvalue weighted by Crippen LogP contribution is 2.18. The second-order valence-electron chi connectivity index (χ2n) is 4.97. The highest BCUT2D eigenvalue weighted by molar-refractivity contribution is 5.55. The maximum absolute atomic E-state index is 4.35. The van der Waals surface area contributed by atoms with Crippen LogP contribution in [0.5, 0.6) is 0 Å². The Hall–Kier alpha value is -1.97. The van der Waals surface area contributed by atoms with Crippen LogP contribution in [0.4, 0.5) is 11.4 Å². The Balaban J connectivity index is 1.99. The number of nitrogens with zero attached hydrogens (tertiary/aromatic N) is 3. The third-order valence-electron chi connectivity index (χ3n) is 3.57. The number of benzene rings is 1. The van der Waals surface area contributed by atoms with Gasteiger partial charge in [0.15, 0.2) is 0 Å². The van der Waals surface area contributed by atoms with Crippen molar-refractivity contribution in [1.82, 2.24) is 9.78 Å². The topological polar surface area (TPSA) is 33.1 Å². The van der Waals surface area contributed by atoms with E-state index in [1.807, 2.05) is 18.7 Å². The van der Waals surface area contributed by atoms with E-state index < -0.39 is 0 Å². The maximum Gasteiger partial charge on any atom is 0.0597 e. The molecule has 20 heavy (non-hydrogen) atoms. The van der Waals surface area contributed by atoms with Crippen LogP contribution in [0.1, 0.15) is 25.2 Å². The van der Waals surface area contributed by atoms with E-state index in [0.29, 0.717) is 0 Å². The average molecular weight is 272 g/mol. The van der Waals surface area contributed by atoms with Gasteiger partial charge in [0.25, 0.3) is 0 Å². The Bertz CT molecular complexity index is 538. The molecular formula is C16H24N4. The second-order valence-corrected chi connectivity index (χ2v) is 4.97. The lowest BCUT2D eigenvalue weighted by Crippen LogP contribution is -2.21. The molecule has 0 saturated heterocycles. The van der Waals surface area contributed by atoms with Crippen molar-refractivity contribution in [1.29, 1.82) is 0 Å². The van der Waals surface area contributed by atoms with E-state index >= 15 is 0 Å². The van der Waals surface area contributed by atoms with E-state index in [0.717, 1.165) is 31.0 Å². The highest BCUT2D eigenvalue weighted by atomic mass is 15.3. The summed E-state index contributed by atoms with van der Waals surface area (Å²) in [6.07, 6.45) is 0. The zero-order valence-corrected chi connectivity index (χ0v) is 12.8. The molecular weight excluding hydrogens is 248 g/mol. The lowest BCUT2D eigenvalue weighted by Gasteiger charge is -2.21. The molecule has 1 N–H and O–H groups in total. The Kier molecular flexibility index (Phi) is 4.66. The van der Waals surface area contributed by atoms with Crippen LogP contribution in [0.2, 0.25) is 0 Å². The lowest BCUT2D eigenvalue weighted by molar-refractivity contribution is 0.713. The summed E-state index contributed by atoms with van der Waals surface area (Å²) in [4.78, 5) is 2.34. The molecule has 0 fully saturated rings. The summed E-state index contributed by atoms with van der Waals surface area (Å²) >= 11 is 0. The van der Waals surface area contributed by atoms with Gasteiger partial charge in [-0.3, -0.25) is 4.68 Å². The predicted octanol–water partition coefficient (Wildman–Crippen LogP) is 3.19. The molecule has 0 bridgehead atoms. The third-order valence-corrected chi connectivity index (χ3v) is 3.57. The molecule has 0 amide bonds. The second kappa shape index (κ2) is 6.46. The van der Waals surface area contributed by atoms with Crippen molar-refractivity contribution >= 4 is 11.4 Å². The van der Waals surface area contributed by atoms with Crippen molar-refractivity contribution in [2.75, 3.05) is 23.3 Å². The fraction of sp³-hybridized carbons (Fsp3) is 0.438. The Morgan fingerprint density at radius 3 is 2.30 bits per heavy atom. The largest absolute Gasteiger partial charge is 0.379 e. The van der Waals surface area contributed by atoms with E-state index in [1.165, 1.54) is 11.4 Å². The van der Waals surface area contributed by atoms with E-state index in [2.05, 4.69) is 59.5 Å². The minimum atomic E-state index is 0.794. The van der Waals surface area contributed by atoms with Crippen LogP contribution < -0.4 is 10.2 Å². The molecule has 2 rings (SSSR count). The van der Waals surface area contributed by atoms with Gasteiger partial charge in [-0.15, -0.1) is 0 Å². The first kappa shape index (κ1) is 14.4. The molecule has 0 radical (unpaired) electrons. The Labute approximate surface area is 121 Å². The van der Waals surface area contributed by atoms with E-state index in [-0.39, 0.29) is 0 Å². The molecule has 0 atom stereocenters. The van der Waals surface area contributed by atoms with Crippen molar-refractivity contribution in [2.45, 2.75) is 27.3 Å². The molecule has 1 aromatic carbocycles. The molecule has 2 aromatic rings. The summed E-state index contributed by atoms with van der Waals surface area (Å²) < 4.78 is 1.92. The van der Waals surface area contributed by atoms with E-state index in [1.54, 1.807) is 0 Å². The first-order chi connectivity index (χ1) is 9.63. The monoisotopic (exact) mass is 272 g/mol. The molecule has 0 aliphatic carbocycles. The minimum absolute atomic E-state index is 0.794. The number of aromatic nitrogens is 2. The first-order valence-corrected chi connectivity index (χ1v) is 7.22. The smallest absolute Gasteiger partial charge is 0.0597 e. The number of hydrogen-bond donors (Lipinski definition) is 1. The Morgan fingerprint density at radius 2 is 1.80 bits per heavy atom. The fourth-order valence-corrected chi connectivity index (χ4v) is 2.40. The number of aryl methyl sites for hydroxylation is 2. The van der Waals surface area contributed by atoms with Crippen molar-refractivity contribution in [3.63, 3.8) is 0 Å². The SMILES string of the molecule is CCN(CC)c1ccc(NCc2cc(C)nn2C)cc1. The van der Waals surface area contributed by atoms with Gasteiger partial charge in [-0.2, -0.15) is 5.10 Å².